The SMILES string of the molecule is CC(=O)N1CCc2c(c(N3CCCc4cc(-c5cnn(C)c5)c(C(F)F)cc43)nn2C2CCN(CC(=O)NCCCCCCCCC(=O)Nc3ccccc3C(=O)Nc3nc(C)c([N+](=O)[O-])s3)CC2)C1. The molecular weight excluding hydrogens is 923 g/mol. The number of rotatable bonds is 19. The molecule has 3 N–H and O–H groups in total. The monoisotopic (exact) mass is 982 g/mol. The molecule has 0 radical (unpaired) electrons. The van der Waals surface area contributed by atoms with E-state index in [1.165, 1.54) is 6.92 Å². The molecule has 3 aliphatic rings. The van der Waals surface area contributed by atoms with Gasteiger partial charge in [-0.2, -0.15) is 10.2 Å². The molecule has 2 aromatic carbocycles. The number of carbonyl (C=O) groups excluding carboxylic acids is 4. The molecule has 3 aliphatic heterocycles. The number of nitrogens with zero attached hydrogens (tertiary/aromatic N) is 9. The fraction of sp³-hybridized carbons (Fsp3) is 0.490. The normalized spacial score (nSPS) is 15.2. The van der Waals surface area contributed by atoms with Crippen LogP contribution in [-0.4, -0.2) is 102 Å². The fourth-order valence-corrected chi connectivity index (χ4v) is 10.6. The van der Waals surface area contributed by atoms with Gasteiger partial charge in [0.15, 0.2) is 10.9 Å². The second-order valence-corrected chi connectivity index (χ2v) is 19.3. The molecule has 6 heterocycles. The van der Waals surface area contributed by atoms with Crippen molar-refractivity contribution in [1.82, 2.24) is 39.7 Å². The van der Waals surface area contributed by atoms with Crippen molar-refractivity contribution in [1.29, 1.82) is 0 Å². The number of hydrogen-bond acceptors (Lipinski definition) is 12. The minimum Gasteiger partial charge on any atom is -0.355 e. The van der Waals surface area contributed by atoms with Crippen LogP contribution in [0, 0.1) is 17.0 Å². The predicted molar refractivity (Wildman–Crippen MR) is 263 cm³/mol. The van der Waals surface area contributed by atoms with E-state index in [1.54, 1.807) is 61.4 Å². The Kier molecular flexibility index (Phi) is 16.0. The Labute approximate surface area is 408 Å². The number of hydrogen-bond donors (Lipinski definition) is 3. The third kappa shape index (κ3) is 11.7. The highest BCUT2D eigenvalue weighted by Gasteiger charge is 2.35. The van der Waals surface area contributed by atoms with Crippen LogP contribution in [0.4, 0.5) is 36.1 Å². The van der Waals surface area contributed by atoms with Crippen molar-refractivity contribution in [3.8, 4) is 11.1 Å². The van der Waals surface area contributed by atoms with E-state index < -0.39 is 17.3 Å². The third-order valence-corrected chi connectivity index (χ3v) is 14.4. The van der Waals surface area contributed by atoms with Crippen LogP contribution >= 0.6 is 11.3 Å². The quantitative estimate of drug-likeness (QED) is 0.0408. The number of amides is 4. The zero-order chi connectivity index (χ0) is 49.5. The van der Waals surface area contributed by atoms with Crippen LogP contribution in [0.3, 0.4) is 0 Å². The van der Waals surface area contributed by atoms with Crippen molar-refractivity contribution < 1.29 is 32.9 Å². The topological polar surface area (TPSA) is 206 Å². The number of piperidine rings is 1. The van der Waals surface area contributed by atoms with Crippen LogP contribution in [0.2, 0.25) is 0 Å². The van der Waals surface area contributed by atoms with Crippen LogP contribution in [0.1, 0.15) is 122 Å². The summed E-state index contributed by atoms with van der Waals surface area (Å²) in [6.45, 7) is 7.05. The van der Waals surface area contributed by atoms with Gasteiger partial charge in [0.05, 0.1) is 41.5 Å². The number of carbonyl (C=O) groups is 4. The number of nitro groups is 1. The lowest BCUT2D eigenvalue weighted by atomic mass is 9.92. The first-order valence-corrected chi connectivity index (χ1v) is 24.9. The van der Waals surface area contributed by atoms with Gasteiger partial charge >= 0.3 is 5.00 Å². The average molecular weight is 983 g/mol. The number of nitrogens with one attached hydrogen (secondary N) is 3. The maximum atomic E-state index is 14.7. The second kappa shape index (κ2) is 22.4. The summed E-state index contributed by atoms with van der Waals surface area (Å²) in [6.07, 6.45) is 10.1. The number of unbranched alkanes of at least 4 members (excludes halogenated alkanes) is 5. The van der Waals surface area contributed by atoms with Gasteiger partial charge in [-0.3, -0.25) is 48.9 Å². The van der Waals surface area contributed by atoms with Crippen LogP contribution in [-0.2, 0) is 40.8 Å². The van der Waals surface area contributed by atoms with E-state index in [1.807, 2.05) is 11.0 Å². The first-order chi connectivity index (χ1) is 33.7. The number of anilines is 4. The van der Waals surface area contributed by atoms with Gasteiger partial charge in [0, 0.05) is 93.8 Å². The van der Waals surface area contributed by atoms with Gasteiger partial charge in [-0.05, 0) is 92.2 Å². The Morgan fingerprint density at radius 3 is 2.43 bits per heavy atom. The van der Waals surface area contributed by atoms with E-state index in [0.717, 1.165) is 111 Å². The number of aromatic nitrogens is 5. The van der Waals surface area contributed by atoms with Crippen molar-refractivity contribution >= 4 is 62.3 Å². The number of para-hydroxylation sites is 1. The highest BCUT2D eigenvalue weighted by Crippen LogP contribution is 2.44. The first kappa shape index (κ1) is 49.8. The molecule has 0 bridgehead atoms. The van der Waals surface area contributed by atoms with E-state index in [9.17, 15) is 38.1 Å². The summed E-state index contributed by atoms with van der Waals surface area (Å²) >= 11 is 0.773. The average Bonchev–Trinajstić information content (AvgIpc) is 4.06. The van der Waals surface area contributed by atoms with E-state index >= 15 is 0 Å². The first-order valence-electron chi connectivity index (χ1n) is 24.1. The summed E-state index contributed by atoms with van der Waals surface area (Å²) in [7, 11) is 1.77. The maximum absolute atomic E-state index is 14.7. The second-order valence-electron chi connectivity index (χ2n) is 18.4. The van der Waals surface area contributed by atoms with Crippen LogP contribution in [0.25, 0.3) is 11.1 Å². The van der Waals surface area contributed by atoms with E-state index in [4.69, 9.17) is 5.10 Å². The van der Waals surface area contributed by atoms with Crippen molar-refractivity contribution in [2.45, 2.75) is 110 Å². The molecule has 3 aromatic heterocycles. The number of benzene rings is 2. The largest absolute Gasteiger partial charge is 0.355 e. The molecule has 372 valence electrons. The molecule has 0 atom stereocenters. The molecule has 18 nitrogen and oxygen atoms in total. The lowest BCUT2D eigenvalue weighted by Gasteiger charge is -2.33. The van der Waals surface area contributed by atoms with E-state index in [2.05, 4.69) is 40.5 Å². The summed E-state index contributed by atoms with van der Waals surface area (Å²) in [5, 5.41) is 29.1. The molecule has 4 amide bonds. The van der Waals surface area contributed by atoms with Crippen molar-refractivity contribution in [2.24, 2.45) is 7.05 Å². The molecular formula is C49H60F2N12O6S. The Bertz CT molecular complexity index is 2730. The Hall–Kier alpha value is -6.61. The third-order valence-electron chi connectivity index (χ3n) is 13.4. The molecule has 21 heteroatoms. The van der Waals surface area contributed by atoms with E-state index in [-0.39, 0.29) is 50.7 Å². The standard InChI is InChI=1S/C49H60F2N12O6S/c1-31-48(63(68)69)70-49(54-31)56-47(67)36-14-9-10-15-40(36)55-43(65)16-8-6-4-5-7-11-20-52-44(66)30-59-22-17-35(18-23-59)62-41-19-24-60(32(2)64)29-39(41)46(57-62)61-21-12-13-33-25-37(34-27-53-58(3)28-34)38(45(50)51)26-42(33)61/h9-10,14-15,25-28,35,45H,4-8,11-13,16-24,29-30H2,1-3H3,(H,52,66)(H,55,65)(H,54,56,67). The summed E-state index contributed by atoms with van der Waals surface area (Å²) < 4.78 is 33.2. The Morgan fingerprint density at radius 1 is 0.957 bits per heavy atom. The molecule has 8 rings (SSSR count). The van der Waals surface area contributed by atoms with Gasteiger partial charge in [-0.15, -0.1) is 0 Å². The highest BCUT2D eigenvalue weighted by molar-refractivity contribution is 7.19. The maximum Gasteiger partial charge on any atom is 0.348 e. The number of alkyl halides is 2. The number of halogens is 2. The molecule has 0 aliphatic carbocycles. The number of aryl methyl sites for hydroxylation is 3. The van der Waals surface area contributed by atoms with Gasteiger partial charge < -0.3 is 20.4 Å². The van der Waals surface area contributed by atoms with Gasteiger partial charge in [-0.1, -0.05) is 37.8 Å². The van der Waals surface area contributed by atoms with Crippen molar-refractivity contribution in [2.75, 3.05) is 54.8 Å². The fourth-order valence-electron chi connectivity index (χ4n) is 9.78. The Balaban J connectivity index is 0.765. The number of likely N-dealkylation sites (tertiary alicyclic amines) is 1. The molecule has 70 heavy (non-hydrogen) atoms. The predicted octanol–water partition coefficient (Wildman–Crippen LogP) is 8.26. The van der Waals surface area contributed by atoms with Gasteiger partial charge in [-0.25, -0.2) is 13.8 Å². The summed E-state index contributed by atoms with van der Waals surface area (Å²) in [5.74, 6) is -0.0360. The Morgan fingerprint density at radius 2 is 1.71 bits per heavy atom. The number of thiazole rings is 1. The van der Waals surface area contributed by atoms with Gasteiger partial charge in [0.2, 0.25) is 17.7 Å². The van der Waals surface area contributed by atoms with Gasteiger partial charge in [0.25, 0.3) is 12.3 Å². The zero-order valence-corrected chi connectivity index (χ0v) is 40.7. The molecule has 0 saturated carbocycles. The summed E-state index contributed by atoms with van der Waals surface area (Å²) in [6, 6.07) is 10.2. The summed E-state index contributed by atoms with van der Waals surface area (Å²) in [5.41, 5.74) is 5.64. The lowest BCUT2D eigenvalue weighted by molar-refractivity contribution is -0.380. The molecule has 1 fully saturated rings. The summed E-state index contributed by atoms with van der Waals surface area (Å²) in [4.78, 5) is 72.1. The van der Waals surface area contributed by atoms with Crippen molar-refractivity contribution in [3.63, 3.8) is 0 Å². The minimum atomic E-state index is -2.68. The van der Waals surface area contributed by atoms with Crippen molar-refractivity contribution in [3.05, 3.63) is 92.5 Å². The molecule has 5 aromatic rings. The number of fused-ring (bicyclic) bond motifs is 2. The minimum absolute atomic E-state index is 0.00697. The lowest BCUT2D eigenvalue weighted by Crippen LogP contribution is -2.42. The molecule has 1 saturated heterocycles. The van der Waals surface area contributed by atoms with Crippen LogP contribution in [0.15, 0.2) is 48.8 Å². The smallest absolute Gasteiger partial charge is 0.348 e. The van der Waals surface area contributed by atoms with Crippen LogP contribution < -0.4 is 20.9 Å². The van der Waals surface area contributed by atoms with Gasteiger partial charge in [0.1, 0.15) is 5.69 Å². The molecule has 0 spiro atoms. The van der Waals surface area contributed by atoms with Crippen LogP contribution in [0.5, 0.6) is 0 Å². The zero-order valence-electron chi connectivity index (χ0n) is 39.8. The highest BCUT2D eigenvalue weighted by atomic mass is 32.1. The molecule has 0 unspecified atom stereocenters. The van der Waals surface area contributed by atoms with E-state index in [0.29, 0.717) is 68.8 Å².